The Hall–Kier alpha value is -1.14. The Balaban J connectivity index is 2.27. The molecule has 0 saturated heterocycles. The van der Waals surface area contributed by atoms with E-state index in [1.165, 1.54) is 0 Å². The SMILES string of the molecule is CCOCC(C)OCC(O)COc1ccccc1CN. The molecule has 0 radical (unpaired) electrons. The molecule has 0 spiro atoms. The van der Waals surface area contributed by atoms with Gasteiger partial charge < -0.3 is 25.1 Å². The lowest BCUT2D eigenvalue weighted by Gasteiger charge is -2.17. The smallest absolute Gasteiger partial charge is 0.123 e. The van der Waals surface area contributed by atoms with Crippen molar-refractivity contribution in [3.05, 3.63) is 29.8 Å². The van der Waals surface area contributed by atoms with Crippen molar-refractivity contribution in [2.24, 2.45) is 5.73 Å². The first-order valence-corrected chi connectivity index (χ1v) is 6.95. The van der Waals surface area contributed by atoms with Crippen LogP contribution in [0.2, 0.25) is 0 Å². The number of ether oxygens (including phenoxy) is 3. The predicted molar refractivity (Wildman–Crippen MR) is 77.7 cm³/mol. The average molecular weight is 283 g/mol. The van der Waals surface area contributed by atoms with E-state index in [9.17, 15) is 5.11 Å². The van der Waals surface area contributed by atoms with Crippen LogP contribution in [0.5, 0.6) is 5.75 Å². The minimum Gasteiger partial charge on any atom is -0.490 e. The lowest BCUT2D eigenvalue weighted by atomic mass is 10.2. The topological polar surface area (TPSA) is 73.9 Å². The van der Waals surface area contributed by atoms with E-state index < -0.39 is 6.10 Å². The molecular weight excluding hydrogens is 258 g/mol. The summed E-state index contributed by atoms with van der Waals surface area (Å²) < 4.78 is 16.3. The molecule has 0 aliphatic carbocycles. The van der Waals surface area contributed by atoms with Crippen LogP contribution in [0.3, 0.4) is 0 Å². The minimum absolute atomic E-state index is 0.0408. The zero-order valence-electron chi connectivity index (χ0n) is 12.2. The highest BCUT2D eigenvalue weighted by molar-refractivity contribution is 5.32. The molecule has 0 aliphatic rings. The van der Waals surface area contributed by atoms with Crippen molar-refractivity contribution in [2.45, 2.75) is 32.6 Å². The van der Waals surface area contributed by atoms with Gasteiger partial charge >= 0.3 is 0 Å². The molecule has 114 valence electrons. The van der Waals surface area contributed by atoms with Crippen LogP contribution in [0.4, 0.5) is 0 Å². The lowest BCUT2D eigenvalue weighted by Crippen LogP contribution is -2.27. The van der Waals surface area contributed by atoms with E-state index in [-0.39, 0.29) is 19.3 Å². The average Bonchev–Trinajstić information content (AvgIpc) is 2.48. The van der Waals surface area contributed by atoms with Crippen LogP contribution in [0.15, 0.2) is 24.3 Å². The largest absolute Gasteiger partial charge is 0.490 e. The summed E-state index contributed by atoms with van der Waals surface area (Å²) >= 11 is 0. The van der Waals surface area contributed by atoms with Gasteiger partial charge in [0.05, 0.1) is 19.3 Å². The van der Waals surface area contributed by atoms with Gasteiger partial charge in [0.1, 0.15) is 18.5 Å². The molecule has 20 heavy (non-hydrogen) atoms. The molecule has 2 atom stereocenters. The van der Waals surface area contributed by atoms with Gasteiger partial charge in [0.25, 0.3) is 0 Å². The Bertz CT molecular complexity index is 373. The molecule has 0 saturated carbocycles. The molecule has 0 heterocycles. The Morgan fingerprint density at radius 2 is 1.95 bits per heavy atom. The van der Waals surface area contributed by atoms with Crippen LogP contribution in [-0.4, -0.2) is 43.7 Å². The standard InChI is InChI=1S/C15H25NO4/c1-3-18-9-12(2)19-10-14(17)11-20-15-7-5-4-6-13(15)8-16/h4-7,12,14,17H,3,8-11,16H2,1-2H3. The van der Waals surface area contributed by atoms with E-state index in [4.69, 9.17) is 19.9 Å². The van der Waals surface area contributed by atoms with Gasteiger partial charge in [-0.3, -0.25) is 0 Å². The maximum atomic E-state index is 9.83. The highest BCUT2D eigenvalue weighted by Gasteiger charge is 2.10. The number of benzene rings is 1. The number of aliphatic hydroxyl groups is 1. The molecule has 3 N–H and O–H groups in total. The molecule has 0 aliphatic heterocycles. The number of nitrogens with two attached hydrogens (primary N) is 1. The number of hydrogen-bond acceptors (Lipinski definition) is 5. The predicted octanol–water partition coefficient (Wildman–Crippen LogP) is 1.33. The highest BCUT2D eigenvalue weighted by atomic mass is 16.5. The first-order valence-electron chi connectivity index (χ1n) is 6.95. The Morgan fingerprint density at radius 1 is 1.20 bits per heavy atom. The Labute approximate surface area is 120 Å². The monoisotopic (exact) mass is 283 g/mol. The van der Waals surface area contributed by atoms with Gasteiger partial charge in [0, 0.05) is 18.7 Å². The molecule has 1 aromatic carbocycles. The van der Waals surface area contributed by atoms with Gasteiger partial charge in [-0.2, -0.15) is 0 Å². The summed E-state index contributed by atoms with van der Waals surface area (Å²) in [4.78, 5) is 0. The van der Waals surface area contributed by atoms with E-state index in [1.54, 1.807) is 0 Å². The normalized spacial score (nSPS) is 14.0. The van der Waals surface area contributed by atoms with Crippen molar-refractivity contribution >= 4 is 0 Å². The summed E-state index contributed by atoms with van der Waals surface area (Å²) in [5.41, 5.74) is 6.54. The molecule has 2 unspecified atom stereocenters. The zero-order chi connectivity index (χ0) is 14.8. The van der Waals surface area contributed by atoms with Crippen LogP contribution in [0.25, 0.3) is 0 Å². The Kier molecular flexibility index (Phi) is 8.22. The fourth-order valence-corrected chi connectivity index (χ4v) is 1.65. The molecule has 1 aromatic rings. The molecule has 0 bridgehead atoms. The summed E-state index contributed by atoms with van der Waals surface area (Å²) in [7, 11) is 0. The van der Waals surface area contributed by atoms with Crippen LogP contribution in [-0.2, 0) is 16.0 Å². The van der Waals surface area contributed by atoms with E-state index >= 15 is 0 Å². The third kappa shape index (κ3) is 6.34. The maximum absolute atomic E-state index is 9.83. The molecule has 0 aromatic heterocycles. The molecule has 1 rings (SSSR count). The number of para-hydroxylation sites is 1. The van der Waals surface area contributed by atoms with E-state index in [0.717, 1.165) is 5.56 Å². The second-order valence-corrected chi connectivity index (χ2v) is 4.58. The van der Waals surface area contributed by atoms with Crippen LogP contribution in [0, 0.1) is 0 Å². The van der Waals surface area contributed by atoms with Gasteiger partial charge in [0.15, 0.2) is 0 Å². The second kappa shape index (κ2) is 9.72. The molecule has 0 fully saturated rings. The molecule has 5 nitrogen and oxygen atoms in total. The zero-order valence-corrected chi connectivity index (χ0v) is 12.2. The van der Waals surface area contributed by atoms with Gasteiger partial charge in [-0.25, -0.2) is 0 Å². The lowest BCUT2D eigenvalue weighted by molar-refractivity contribution is -0.0480. The number of rotatable bonds is 10. The van der Waals surface area contributed by atoms with Gasteiger partial charge in [-0.05, 0) is 19.9 Å². The van der Waals surface area contributed by atoms with Crippen molar-refractivity contribution in [2.75, 3.05) is 26.4 Å². The van der Waals surface area contributed by atoms with Crippen molar-refractivity contribution in [3.8, 4) is 5.75 Å². The van der Waals surface area contributed by atoms with Crippen molar-refractivity contribution in [1.82, 2.24) is 0 Å². The third-order valence-corrected chi connectivity index (χ3v) is 2.75. The molecule has 5 heteroatoms. The van der Waals surface area contributed by atoms with Crippen LogP contribution < -0.4 is 10.5 Å². The van der Waals surface area contributed by atoms with E-state index in [2.05, 4.69) is 0 Å². The summed E-state index contributed by atoms with van der Waals surface area (Å²) in [6.45, 7) is 5.85. The quantitative estimate of drug-likeness (QED) is 0.677. The number of aliphatic hydroxyl groups excluding tert-OH is 1. The third-order valence-electron chi connectivity index (χ3n) is 2.75. The van der Waals surface area contributed by atoms with Gasteiger partial charge in [-0.15, -0.1) is 0 Å². The summed E-state index contributed by atoms with van der Waals surface area (Å²) in [6, 6.07) is 7.53. The first-order chi connectivity index (χ1) is 9.67. The fraction of sp³-hybridized carbons (Fsp3) is 0.600. The minimum atomic E-state index is -0.676. The van der Waals surface area contributed by atoms with Crippen molar-refractivity contribution < 1.29 is 19.3 Å². The Morgan fingerprint density at radius 3 is 2.65 bits per heavy atom. The van der Waals surface area contributed by atoms with E-state index in [1.807, 2.05) is 38.1 Å². The van der Waals surface area contributed by atoms with Gasteiger partial charge in [0.2, 0.25) is 0 Å². The highest BCUT2D eigenvalue weighted by Crippen LogP contribution is 2.17. The summed E-state index contributed by atoms with van der Waals surface area (Å²) in [5.74, 6) is 0.705. The van der Waals surface area contributed by atoms with E-state index in [0.29, 0.717) is 25.5 Å². The van der Waals surface area contributed by atoms with Crippen molar-refractivity contribution in [1.29, 1.82) is 0 Å². The summed E-state index contributed by atoms with van der Waals surface area (Å²) in [5, 5.41) is 9.83. The molecular formula is C15H25NO4. The summed E-state index contributed by atoms with van der Waals surface area (Å²) in [6.07, 6.45) is -0.717. The first kappa shape index (κ1) is 16.9. The van der Waals surface area contributed by atoms with Crippen molar-refractivity contribution in [3.63, 3.8) is 0 Å². The number of hydrogen-bond donors (Lipinski definition) is 2. The van der Waals surface area contributed by atoms with Crippen LogP contribution >= 0.6 is 0 Å². The maximum Gasteiger partial charge on any atom is 0.123 e. The molecule has 0 amide bonds. The fourth-order valence-electron chi connectivity index (χ4n) is 1.65. The van der Waals surface area contributed by atoms with Crippen LogP contribution in [0.1, 0.15) is 19.4 Å². The second-order valence-electron chi connectivity index (χ2n) is 4.58. The van der Waals surface area contributed by atoms with Gasteiger partial charge in [-0.1, -0.05) is 18.2 Å².